The number of carbonyl (C=O) groups is 2. The van der Waals surface area contributed by atoms with Crippen LogP contribution in [0.2, 0.25) is 0 Å². The molecule has 3 rings (SSSR count). The summed E-state index contributed by atoms with van der Waals surface area (Å²) in [4.78, 5) is 27.1. The average Bonchev–Trinajstić information content (AvgIpc) is 3.56. The third kappa shape index (κ3) is 3.73. The number of halogens is 1. The standard InChI is InChI=1S/C20H22BrNO6/c1-25-16-8-11(7-15(21)18(16)26-2)17-13(19(23)27-3)9-22(12-5-6-12)10-14(17)20(24)28-4/h7-10,12,17H,5-6H2,1-4H3. The quantitative estimate of drug-likeness (QED) is 0.614. The van der Waals surface area contributed by atoms with Crippen LogP contribution in [-0.4, -0.2) is 51.3 Å². The molecule has 1 fully saturated rings. The summed E-state index contributed by atoms with van der Waals surface area (Å²) in [7, 11) is 5.71. The van der Waals surface area contributed by atoms with Crippen molar-refractivity contribution >= 4 is 27.9 Å². The Bertz CT molecular complexity index is 824. The first-order valence-corrected chi connectivity index (χ1v) is 9.53. The molecule has 0 saturated heterocycles. The van der Waals surface area contributed by atoms with Crippen LogP contribution in [0.1, 0.15) is 24.3 Å². The summed E-state index contributed by atoms with van der Waals surface area (Å²) in [6.07, 6.45) is 5.52. The molecule has 0 N–H and O–H groups in total. The van der Waals surface area contributed by atoms with Gasteiger partial charge in [0.1, 0.15) is 0 Å². The van der Waals surface area contributed by atoms with Crippen LogP contribution in [0, 0.1) is 0 Å². The van der Waals surface area contributed by atoms with Crippen LogP contribution in [-0.2, 0) is 19.1 Å². The Morgan fingerprint density at radius 1 is 0.964 bits per heavy atom. The second-order valence-electron chi connectivity index (χ2n) is 6.50. The molecule has 2 aliphatic rings. The summed E-state index contributed by atoms with van der Waals surface area (Å²) in [6, 6.07) is 3.82. The normalized spacial score (nSPS) is 16.8. The molecule has 1 aliphatic carbocycles. The monoisotopic (exact) mass is 451 g/mol. The molecule has 0 unspecified atom stereocenters. The number of esters is 2. The highest BCUT2D eigenvalue weighted by Crippen LogP contribution is 2.45. The van der Waals surface area contributed by atoms with E-state index in [9.17, 15) is 9.59 Å². The number of nitrogens with zero attached hydrogens (tertiary/aromatic N) is 1. The SMILES string of the molecule is COC(=O)C1=CN(C2CC2)C=C(C(=O)OC)C1c1cc(Br)c(OC)c(OC)c1. The van der Waals surface area contributed by atoms with E-state index in [0.29, 0.717) is 32.7 Å². The van der Waals surface area contributed by atoms with Crippen molar-refractivity contribution in [1.82, 2.24) is 4.90 Å². The van der Waals surface area contributed by atoms with E-state index in [2.05, 4.69) is 15.9 Å². The largest absolute Gasteiger partial charge is 0.493 e. The van der Waals surface area contributed by atoms with E-state index in [-0.39, 0.29) is 6.04 Å². The van der Waals surface area contributed by atoms with Crippen molar-refractivity contribution < 1.29 is 28.5 Å². The van der Waals surface area contributed by atoms with Gasteiger partial charge in [0.2, 0.25) is 0 Å². The summed E-state index contributed by atoms with van der Waals surface area (Å²) in [5.74, 6) is -0.670. The van der Waals surface area contributed by atoms with E-state index in [1.54, 1.807) is 24.5 Å². The van der Waals surface area contributed by atoms with Crippen molar-refractivity contribution in [2.45, 2.75) is 24.8 Å². The Kier molecular flexibility index (Phi) is 5.98. The molecule has 8 heteroatoms. The van der Waals surface area contributed by atoms with E-state index in [1.165, 1.54) is 28.4 Å². The highest BCUT2D eigenvalue weighted by Gasteiger charge is 2.39. The molecule has 7 nitrogen and oxygen atoms in total. The molecule has 1 aliphatic heterocycles. The highest BCUT2D eigenvalue weighted by molar-refractivity contribution is 9.10. The number of carbonyl (C=O) groups excluding carboxylic acids is 2. The second kappa shape index (κ2) is 8.26. The molecule has 0 aromatic heterocycles. The lowest BCUT2D eigenvalue weighted by molar-refractivity contribution is -0.137. The van der Waals surface area contributed by atoms with Crippen molar-refractivity contribution in [2.24, 2.45) is 0 Å². The predicted octanol–water partition coefficient (Wildman–Crippen LogP) is 3.14. The Morgan fingerprint density at radius 3 is 1.96 bits per heavy atom. The Labute approximate surface area is 172 Å². The van der Waals surface area contributed by atoms with Gasteiger partial charge in [0.15, 0.2) is 11.5 Å². The molecular formula is C20H22BrNO6. The smallest absolute Gasteiger partial charge is 0.336 e. The zero-order chi connectivity index (χ0) is 20.4. The topological polar surface area (TPSA) is 74.3 Å². The molecule has 0 atom stereocenters. The van der Waals surface area contributed by atoms with Gasteiger partial charge in [0, 0.05) is 18.4 Å². The number of rotatable bonds is 6. The van der Waals surface area contributed by atoms with Gasteiger partial charge < -0.3 is 23.8 Å². The maximum atomic E-state index is 12.6. The minimum atomic E-state index is -0.661. The molecule has 1 saturated carbocycles. The first-order valence-electron chi connectivity index (χ1n) is 8.74. The molecule has 1 heterocycles. The van der Waals surface area contributed by atoms with Crippen LogP contribution in [0.5, 0.6) is 11.5 Å². The van der Waals surface area contributed by atoms with Crippen molar-refractivity contribution in [3.05, 3.63) is 45.7 Å². The van der Waals surface area contributed by atoms with Crippen LogP contribution in [0.25, 0.3) is 0 Å². The summed E-state index contributed by atoms with van der Waals surface area (Å²) >= 11 is 3.47. The Morgan fingerprint density at radius 2 is 1.54 bits per heavy atom. The van der Waals surface area contributed by atoms with Crippen LogP contribution in [0.4, 0.5) is 0 Å². The molecule has 28 heavy (non-hydrogen) atoms. The van der Waals surface area contributed by atoms with Crippen LogP contribution < -0.4 is 9.47 Å². The van der Waals surface area contributed by atoms with E-state index in [4.69, 9.17) is 18.9 Å². The van der Waals surface area contributed by atoms with E-state index >= 15 is 0 Å². The van der Waals surface area contributed by atoms with Gasteiger partial charge in [-0.15, -0.1) is 0 Å². The molecule has 0 amide bonds. The summed E-state index contributed by atoms with van der Waals surface area (Å²) < 4.78 is 21.4. The lowest BCUT2D eigenvalue weighted by atomic mass is 9.83. The van der Waals surface area contributed by atoms with Gasteiger partial charge >= 0.3 is 11.9 Å². The first-order chi connectivity index (χ1) is 13.4. The van der Waals surface area contributed by atoms with Gasteiger partial charge in [-0.05, 0) is 46.5 Å². The lowest BCUT2D eigenvalue weighted by Crippen LogP contribution is -2.29. The fraction of sp³-hybridized carbons (Fsp3) is 0.400. The Balaban J connectivity index is 2.17. The number of hydrogen-bond acceptors (Lipinski definition) is 7. The van der Waals surface area contributed by atoms with E-state index in [0.717, 1.165) is 12.8 Å². The number of hydrogen-bond donors (Lipinski definition) is 0. The highest BCUT2D eigenvalue weighted by atomic mass is 79.9. The van der Waals surface area contributed by atoms with Gasteiger partial charge in [0.25, 0.3) is 0 Å². The fourth-order valence-corrected chi connectivity index (χ4v) is 3.92. The maximum Gasteiger partial charge on any atom is 0.336 e. The summed E-state index contributed by atoms with van der Waals surface area (Å²) in [5, 5.41) is 0. The molecule has 0 bridgehead atoms. The van der Waals surface area contributed by atoms with Crippen molar-refractivity contribution in [3.8, 4) is 11.5 Å². The van der Waals surface area contributed by atoms with Crippen LogP contribution in [0.15, 0.2) is 40.2 Å². The van der Waals surface area contributed by atoms with E-state index in [1.807, 2.05) is 4.90 Å². The van der Waals surface area contributed by atoms with Gasteiger partial charge in [-0.25, -0.2) is 9.59 Å². The Hall–Kier alpha value is -2.48. The van der Waals surface area contributed by atoms with Crippen molar-refractivity contribution in [2.75, 3.05) is 28.4 Å². The molecule has 1 aromatic carbocycles. The maximum absolute atomic E-state index is 12.6. The van der Waals surface area contributed by atoms with Gasteiger partial charge in [-0.1, -0.05) is 0 Å². The van der Waals surface area contributed by atoms with Crippen molar-refractivity contribution in [1.29, 1.82) is 0 Å². The minimum Gasteiger partial charge on any atom is -0.493 e. The summed E-state index contributed by atoms with van der Waals surface area (Å²) in [6.45, 7) is 0. The predicted molar refractivity (Wildman–Crippen MR) is 105 cm³/mol. The van der Waals surface area contributed by atoms with Gasteiger partial charge in [0.05, 0.1) is 50.0 Å². The fourth-order valence-electron chi connectivity index (χ4n) is 3.30. The zero-order valence-electron chi connectivity index (χ0n) is 16.2. The van der Waals surface area contributed by atoms with Crippen LogP contribution >= 0.6 is 15.9 Å². The van der Waals surface area contributed by atoms with Crippen molar-refractivity contribution in [3.63, 3.8) is 0 Å². The second-order valence-corrected chi connectivity index (χ2v) is 7.36. The minimum absolute atomic E-state index is 0.275. The molecule has 0 radical (unpaired) electrons. The van der Waals surface area contributed by atoms with Crippen LogP contribution in [0.3, 0.4) is 0 Å². The molecule has 0 spiro atoms. The number of methoxy groups -OCH3 is 4. The average molecular weight is 452 g/mol. The number of benzene rings is 1. The van der Waals surface area contributed by atoms with E-state index < -0.39 is 17.9 Å². The third-order valence-electron chi connectivity index (χ3n) is 4.80. The summed E-state index contributed by atoms with van der Waals surface area (Å²) in [5.41, 5.74) is 1.39. The molecule has 1 aromatic rings. The first kappa shape index (κ1) is 20.3. The molecular weight excluding hydrogens is 430 g/mol. The zero-order valence-corrected chi connectivity index (χ0v) is 17.7. The molecule has 150 valence electrons. The lowest BCUT2D eigenvalue weighted by Gasteiger charge is -2.30. The van der Waals surface area contributed by atoms with Gasteiger partial charge in [-0.3, -0.25) is 0 Å². The van der Waals surface area contributed by atoms with Gasteiger partial charge in [-0.2, -0.15) is 0 Å². The third-order valence-corrected chi connectivity index (χ3v) is 5.39. The number of ether oxygens (including phenoxy) is 4.